The van der Waals surface area contributed by atoms with Crippen LogP contribution in [0.25, 0.3) is 0 Å². The van der Waals surface area contributed by atoms with Crippen LogP contribution in [0.2, 0.25) is 0 Å². The maximum Gasteiger partial charge on any atom is 0.230 e. The van der Waals surface area contributed by atoms with Crippen molar-refractivity contribution in [2.75, 3.05) is 6.54 Å². The summed E-state index contributed by atoms with van der Waals surface area (Å²) in [5, 5.41) is 10.2. The SMILES string of the molecule is CCC(CC)(C[N+](=O)[O-])C(N)=O. The molecule has 0 fully saturated rings. The Morgan fingerprint density at radius 1 is 1.50 bits per heavy atom. The molecule has 0 radical (unpaired) electrons. The zero-order valence-corrected chi connectivity index (χ0v) is 7.37. The minimum absolute atomic E-state index is 0.366. The van der Waals surface area contributed by atoms with E-state index in [2.05, 4.69) is 0 Å². The third kappa shape index (κ3) is 2.18. The molecule has 70 valence electrons. The Morgan fingerprint density at radius 2 is 1.92 bits per heavy atom. The minimum Gasteiger partial charge on any atom is -0.369 e. The molecule has 0 aliphatic carbocycles. The molecule has 0 spiro atoms. The van der Waals surface area contributed by atoms with E-state index in [1.54, 1.807) is 13.8 Å². The van der Waals surface area contributed by atoms with Crippen molar-refractivity contribution in [3.8, 4) is 0 Å². The van der Waals surface area contributed by atoms with Crippen LogP contribution >= 0.6 is 0 Å². The van der Waals surface area contributed by atoms with Crippen molar-refractivity contribution >= 4 is 5.91 Å². The van der Waals surface area contributed by atoms with E-state index in [0.29, 0.717) is 12.8 Å². The lowest BCUT2D eigenvalue weighted by molar-refractivity contribution is -0.494. The molecule has 0 bridgehead atoms. The highest BCUT2D eigenvalue weighted by Crippen LogP contribution is 2.25. The lowest BCUT2D eigenvalue weighted by Gasteiger charge is -2.22. The van der Waals surface area contributed by atoms with E-state index >= 15 is 0 Å². The van der Waals surface area contributed by atoms with Gasteiger partial charge in [-0.25, -0.2) is 0 Å². The van der Waals surface area contributed by atoms with Gasteiger partial charge in [0.15, 0.2) is 0 Å². The summed E-state index contributed by atoms with van der Waals surface area (Å²) in [5.74, 6) is -0.579. The van der Waals surface area contributed by atoms with E-state index in [4.69, 9.17) is 5.73 Å². The van der Waals surface area contributed by atoms with Gasteiger partial charge in [-0.3, -0.25) is 14.9 Å². The van der Waals surface area contributed by atoms with Gasteiger partial charge in [-0.15, -0.1) is 0 Å². The number of amides is 1. The van der Waals surface area contributed by atoms with Crippen molar-refractivity contribution < 1.29 is 9.72 Å². The molecule has 0 aromatic heterocycles. The van der Waals surface area contributed by atoms with Crippen LogP contribution in [0.3, 0.4) is 0 Å². The molecule has 0 aromatic carbocycles. The van der Waals surface area contributed by atoms with Gasteiger partial charge in [0.2, 0.25) is 12.5 Å². The maximum atomic E-state index is 10.9. The van der Waals surface area contributed by atoms with Crippen molar-refractivity contribution in [1.29, 1.82) is 0 Å². The third-order valence-electron chi connectivity index (χ3n) is 2.31. The van der Waals surface area contributed by atoms with Crippen LogP contribution in [0.5, 0.6) is 0 Å². The zero-order valence-electron chi connectivity index (χ0n) is 7.37. The fraction of sp³-hybridized carbons (Fsp3) is 0.857. The Morgan fingerprint density at radius 3 is 2.00 bits per heavy atom. The number of primary amides is 1. The monoisotopic (exact) mass is 174 g/mol. The number of carbonyl (C=O) groups excluding carboxylic acids is 1. The standard InChI is InChI=1S/C7H14N2O3/c1-3-7(4-2,6(8)10)5-9(11)12/h3-5H2,1-2H3,(H2,8,10). The van der Waals surface area contributed by atoms with Gasteiger partial charge >= 0.3 is 0 Å². The van der Waals surface area contributed by atoms with Gasteiger partial charge in [0.25, 0.3) is 0 Å². The summed E-state index contributed by atoms with van der Waals surface area (Å²) in [5.41, 5.74) is 4.14. The average molecular weight is 174 g/mol. The maximum absolute atomic E-state index is 10.9. The van der Waals surface area contributed by atoms with Gasteiger partial charge in [-0.1, -0.05) is 13.8 Å². The lowest BCUT2D eigenvalue weighted by Crippen LogP contribution is -2.41. The number of nitrogens with zero attached hydrogens (tertiary/aromatic N) is 1. The number of carbonyl (C=O) groups is 1. The van der Waals surface area contributed by atoms with Crippen molar-refractivity contribution in [2.45, 2.75) is 26.7 Å². The van der Waals surface area contributed by atoms with Crippen LogP contribution in [0.15, 0.2) is 0 Å². The van der Waals surface area contributed by atoms with Gasteiger partial charge in [-0.05, 0) is 12.8 Å². The van der Waals surface area contributed by atoms with Gasteiger partial charge in [0, 0.05) is 4.92 Å². The zero-order chi connectivity index (χ0) is 9.78. The number of hydrogen-bond acceptors (Lipinski definition) is 3. The highest BCUT2D eigenvalue weighted by atomic mass is 16.6. The lowest BCUT2D eigenvalue weighted by atomic mass is 9.82. The van der Waals surface area contributed by atoms with Crippen LogP contribution in [0.1, 0.15) is 26.7 Å². The summed E-state index contributed by atoms with van der Waals surface area (Å²) < 4.78 is 0. The average Bonchev–Trinajstić information content (AvgIpc) is 1.99. The Kier molecular flexibility index (Phi) is 3.66. The molecular formula is C7H14N2O3. The number of nitrogens with two attached hydrogens (primary N) is 1. The molecule has 0 aromatic rings. The second-order valence-corrected chi connectivity index (χ2v) is 2.84. The topological polar surface area (TPSA) is 86.2 Å². The smallest absolute Gasteiger partial charge is 0.230 e. The molecule has 12 heavy (non-hydrogen) atoms. The molecule has 0 atom stereocenters. The molecule has 0 aliphatic rings. The number of rotatable bonds is 5. The van der Waals surface area contributed by atoms with E-state index in [0.717, 1.165) is 0 Å². The van der Waals surface area contributed by atoms with E-state index in [-0.39, 0.29) is 6.54 Å². The minimum atomic E-state index is -0.955. The Labute approximate surface area is 71.1 Å². The molecule has 0 aliphatic heterocycles. The van der Waals surface area contributed by atoms with E-state index < -0.39 is 16.2 Å². The first kappa shape index (κ1) is 10.9. The second kappa shape index (κ2) is 4.04. The first-order valence-corrected chi connectivity index (χ1v) is 3.90. The van der Waals surface area contributed by atoms with Crippen molar-refractivity contribution in [1.82, 2.24) is 0 Å². The van der Waals surface area contributed by atoms with Crippen LogP contribution in [0.4, 0.5) is 0 Å². The number of hydrogen-bond donors (Lipinski definition) is 1. The Bertz CT molecular complexity index is 187. The predicted molar refractivity (Wildman–Crippen MR) is 44.1 cm³/mol. The predicted octanol–water partition coefficient (Wildman–Crippen LogP) is 0.555. The van der Waals surface area contributed by atoms with Gasteiger partial charge in [-0.2, -0.15) is 0 Å². The molecule has 0 rings (SSSR count). The molecule has 0 saturated heterocycles. The molecule has 5 nitrogen and oxygen atoms in total. The summed E-state index contributed by atoms with van der Waals surface area (Å²) in [4.78, 5) is 20.7. The fourth-order valence-electron chi connectivity index (χ4n) is 1.15. The highest BCUT2D eigenvalue weighted by Gasteiger charge is 2.38. The highest BCUT2D eigenvalue weighted by molar-refractivity contribution is 5.80. The quantitative estimate of drug-likeness (QED) is 0.488. The first-order valence-electron chi connectivity index (χ1n) is 3.90. The summed E-state index contributed by atoms with van der Waals surface area (Å²) >= 11 is 0. The second-order valence-electron chi connectivity index (χ2n) is 2.84. The van der Waals surface area contributed by atoms with E-state index in [1.165, 1.54) is 0 Å². The third-order valence-corrected chi connectivity index (χ3v) is 2.31. The molecule has 0 saturated carbocycles. The van der Waals surface area contributed by atoms with Crippen LogP contribution in [-0.4, -0.2) is 17.4 Å². The molecule has 2 N–H and O–H groups in total. The largest absolute Gasteiger partial charge is 0.369 e. The molecule has 0 heterocycles. The summed E-state index contributed by atoms with van der Waals surface area (Å²) in [6.45, 7) is 3.10. The van der Waals surface area contributed by atoms with Gasteiger partial charge in [0.05, 0.1) is 0 Å². The normalized spacial score (nSPS) is 11.2. The van der Waals surface area contributed by atoms with Crippen molar-refractivity contribution in [2.24, 2.45) is 11.1 Å². The van der Waals surface area contributed by atoms with Crippen LogP contribution < -0.4 is 5.73 Å². The summed E-state index contributed by atoms with van der Waals surface area (Å²) in [7, 11) is 0. The summed E-state index contributed by atoms with van der Waals surface area (Å²) in [6.07, 6.45) is 0.833. The Hall–Kier alpha value is -1.13. The molecule has 5 heteroatoms. The fourth-order valence-corrected chi connectivity index (χ4v) is 1.15. The van der Waals surface area contributed by atoms with Crippen LogP contribution in [0, 0.1) is 15.5 Å². The summed E-state index contributed by atoms with van der Waals surface area (Å²) in [6, 6.07) is 0. The molecule has 1 amide bonds. The van der Waals surface area contributed by atoms with Gasteiger partial charge < -0.3 is 5.73 Å². The van der Waals surface area contributed by atoms with Crippen molar-refractivity contribution in [3.05, 3.63) is 10.1 Å². The molecule has 0 unspecified atom stereocenters. The van der Waals surface area contributed by atoms with Crippen LogP contribution in [-0.2, 0) is 4.79 Å². The molecular weight excluding hydrogens is 160 g/mol. The number of nitro groups is 1. The van der Waals surface area contributed by atoms with E-state index in [1.807, 2.05) is 0 Å². The van der Waals surface area contributed by atoms with E-state index in [9.17, 15) is 14.9 Å². The van der Waals surface area contributed by atoms with Gasteiger partial charge in [0.1, 0.15) is 5.41 Å². The Balaban J connectivity index is 4.58. The first-order chi connectivity index (χ1) is 5.48. The van der Waals surface area contributed by atoms with Crippen molar-refractivity contribution in [3.63, 3.8) is 0 Å².